The Kier molecular flexibility index (Phi) is 4.63. The molecule has 43 heavy (non-hydrogen) atoms. The number of benzene rings is 7. The molecule has 0 aliphatic rings. The maximum Gasteiger partial charge on any atom is 0.139 e. The van der Waals surface area contributed by atoms with Crippen LogP contribution in [0.15, 0.2) is 142 Å². The summed E-state index contributed by atoms with van der Waals surface area (Å²) in [6, 6.07) is 46.0. The first kappa shape index (κ1) is 23.2. The Morgan fingerprint density at radius 1 is 0.442 bits per heavy atom. The predicted octanol–water partition coefficient (Wildman–Crippen LogP) is 12.3. The van der Waals surface area contributed by atoms with Gasteiger partial charge in [0.25, 0.3) is 0 Å². The molecule has 0 unspecified atom stereocenters. The van der Waals surface area contributed by atoms with Crippen LogP contribution >= 0.6 is 11.3 Å². The van der Waals surface area contributed by atoms with E-state index in [1.165, 1.54) is 58.4 Å². The van der Waals surface area contributed by atoms with E-state index in [1.807, 2.05) is 23.5 Å². The van der Waals surface area contributed by atoms with E-state index in [-0.39, 0.29) is 0 Å². The molecule has 0 amide bonds. The molecule has 0 aliphatic heterocycles. The third-order valence-corrected chi connectivity index (χ3v) is 10.2. The summed E-state index contributed by atoms with van der Waals surface area (Å²) in [5, 5.41) is 10.9. The first-order valence-electron chi connectivity index (χ1n) is 14.5. The van der Waals surface area contributed by atoms with E-state index in [0.29, 0.717) is 0 Å². The van der Waals surface area contributed by atoms with E-state index in [2.05, 4.69) is 115 Å². The normalized spacial score (nSPS) is 12.2. The second-order valence-corrected chi connectivity index (χ2v) is 12.3. The summed E-state index contributed by atoms with van der Waals surface area (Å²) >= 11 is 1.89. The van der Waals surface area contributed by atoms with E-state index < -0.39 is 0 Å². The van der Waals surface area contributed by atoms with Crippen LogP contribution in [0.1, 0.15) is 0 Å². The topological polar surface area (TPSA) is 26.3 Å². The van der Waals surface area contributed by atoms with Crippen molar-refractivity contribution in [3.8, 4) is 22.3 Å². The summed E-state index contributed by atoms with van der Waals surface area (Å²) in [7, 11) is 0. The first-order valence-corrected chi connectivity index (χ1v) is 15.3. The minimum Gasteiger partial charge on any atom is -0.464 e. The number of fused-ring (bicyclic) bond motifs is 9. The van der Waals surface area contributed by atoms with Crippen molar-refractivity contribution in [3.05, 3.63) is 134 Å². The van der Waals surface area contributed by atoms with Crippen molar-refractivity contribution in [2.75, 3.05) is 0 Å². The standard InChI is InChI=1S/C40H22O2S/c1-3-11-29-27(9-1)38(24-16-17-25-33-20-23-18-19-41-34(23)22-36(33)42-35(25)21-24)28-10-2-4-12-30(28)39(29)32-14-7-13-31-26-8-5-6-15-37(26)43-40(31)32/h1-22H. The number of rotatable bonds is 2. The lowest BCUT2D eigenvalue weighted by atomic mass is 9.85. The van der Waals surface area contributed by atoms with Gasteiger partial charge in [-0.3, -0.25) is 0 Å². The molecular weight excluding hydrogens is 545 g/mol. The molecule has 0 radical (unpaired) electrons. The van der Waals surface area contributed by atoms with Gasteiger partial charge in [-0.1, -0.05) is 91.0 Å². The Balaban J connectivity index is 1.29. The predicted molar refractivity (Wildman–Crippen MR) is 182 cm³/mol. The van der Waals surface area contributed by atoms with Gasteiger partial charge in [0.05, 0.1) is 6.26 Å². The van der Waals surface area contributed by atoms with Crippen molar-refractivity contribution in [2.45, 2.75) is 0 Å². The second-order valence-electron chi connectivity index (χ2n) is 11.2. The molecule has 0 fully saturated rings. The monoisotopic (exact) mass is 566 g/mol. The number of furan rings is 2. The Hall–Kier alpha value is -5.38. The van der Waals surface area contributed by atoms with E-state index in [4.69, 9.17) is 8.83 Å². The second kappa shape index (κ2) is 8.57. The maximum absolute atomic E-state index is 6.43. The molecule has 0 N–H and O–H groups in total. The Labute approximate surface area is 250 Å². The van der Waals surface area contributed by atoms with Crippen LogP contribution in [0.4, 0.5) is 0 Å². The van der Waals surface area contributed by atoms with Crippen LogP contribution in [0, 0.1) is 0 Å². The van der Waals surface area contributed by atoms with E-state index in [0.717, 1.165) is 38.5 Å². The van der Waals surface area contributed by atoms with Crippen LogP contribution in [-0.2, 0) is 0 Å². The molecule has 3 heteroatoms. The number of thiophene rings is 1. The summed E-state index contributed by atoms with van der Waals surface area (Å²) in [6.45, 7) is 0. The molecule has 0 saturated heterocycles. The lowest BCUT2D eigenvalue weighted by molar-refractivity contribution is 0.613. The SMILES string of the molecule is c1ccc2c(c1)sc1c(-c3c4ccccc4c(-c4ccc5c(c4)oc4cc6occc6cc45)c4ccccc34)cccc12. The van der Waals surface area contributed by atoms with Crippen molar-refractivity contribution in [3.63, 3.8) is 0 Å². The Morgan fingerprint density at radius 3 is 1.91 bits per heavy atom. The fourth-order valence-corrected chi connectivity index (χ4v) is 8.29. The third-order valence-electron chi connectivity index (χ3n) is 8.94. The quantitative estimate of drug-likeness (QED) is 0.195. The average Bonchev–Trinajstić information content (AvgIpc) is 3.77. The minimum atomic E-state index is 0.841. The smallest absolute Gasteiger partial charge is 0.139 e. The molecule has 3 heterocycles. The molecule has 0 saturated carbocycles. The van der Waals surface area contributed by atoms with Gasteiger partial charge in [-0.25, -0.2) is 0 Å². The van der Waals surface area contributed by atoms with Crippen LogP contribution in [0.5, 0.6) is 0 Å². The van der Waals surface area contributed by atoms with E-state index in [1.54, 1.807) is 6.26 Å². The van der Waals surface area contributed by atoms with Crippen LogP contribution in [0.25, 0.3) is 96.9 Å². The number of hydrogen-bond donors (Lipinski definition) is 0. The first-order chi connectivity index (χ1) is 21.3. The highest BCUT2D eigenvalue weighted by molar-refractivity contribution is 7.26. The lowest BCUT2D eigenvalue weighted by Gasteiger charge is -2.18. The van der Waals surface area contributed by atoms with Crippen LogP contribution < -0.4 is 0 Å². The minimum absolute atomic E-state index is 0.841. The van der Waals surface area contributed by atoms with Gasteiger partial charge in [0.15, 0.2) is 0 Å². The molecule has 0 aliphatic carbocycles. The zero-order chi connectivity index (χ0) is 28.1. The highest BCUT2D eigenvalue weighted by Gasteiger charge is 2.20. The van der Waals surface area contributed by atoms with Crippen molar-refractivity contribution in [1.29, 1.82) is 0 Å². The zero-order valence-electron chi connectivity index (χ0n) is 22.9. The summed E-state index contributed by atoms with van der Waals surface area (Å²) in [6.07, 6.45) is 1.73. The van der Waals surface area contributed by atoms with Crippen molar-refractivity contribution >= 4 is 86.0 Å². The van der Waals surface area contributed by atoms with Gasteiger partial charge in [0, 0.05) is 48.0 Å². The largest absolute Gasteiger partial charge is 0.464 e. The molecule has 0 bridgehead atoms. The van der Waals surface area contributed by atoms with Gasteiger partial charge >= 0.3 is 0 Å². The van der Waals surface area contributed by atoms with Gasteiger partial charge in [-0.05, 0) is 68.6 Å². The molecular formula is C40H22O2S. The van der Waals surface area contributed by atoms with Gasteiger partial charge in [-0.2, -0.15) is 0 Å². The Bertz CT molecular complexity index is 2680. The summed E-state index contributed by atoms with van der Waals surface area (Å²) in [4.78, 5) is 0. The highest BCUT2D eigenvalue weighted by atomic mass is 32.1. The molecule has 0 atom stereocenters. The maximum atomic E-state index is 6.43. The molecule has 3 aromatic heterocycles. The zero-order valence-corrected chi connectivity index (χ0v) is 23.7. The average molecular weight is 567 g/mol. The highest BCUT2D eigenvalue weighted by Crippen LogP contribution is 2.48. The Morgan fingerprint density at radius 2 is 1.12 bits per heavy atom. The van der Waals surface area contributed by atoms with Crippen molar-refractivity contribution in [2.24, 2.45) is 0 Å². The molecule has 0 spiro atoms. The summed E-state index contributed by atoms with van der Waals surface area (Å²) in [5.74, 6) is 0. The van der Waals surface area contributed by atoms with Gasteiger partial charge in [0.2, 0.25) is 0 Å². The molecule has 200 valence electrons. The fourth-order valence-electron chi connectivity index (χ4n) is 7.06. The summed E-state index contributed by atoms with van der Waals surface area (Å²) in [5.41, 5.74) is 7.52. The van der Waals surface area contributed by atoms with Gasteiger partial charge < -0.3 is 8.83 Å². The van der Waals surface area contributed by atoms with Crippen molar-refractivity contribution < 1.29 is 8.83 Å². The van der Waals surface area contributed by atoms with Gasteiger partial charge in [0.1, 0.15) is 16.7 Å². The van der Waals surface area contributed by atoms with Crippen molar-refractivity contribution in [1.82, 2.24) is 0 Å². The third kappa shape index (κ3) is 3.23. The molecule has 10 rings (SSSR count). The van der Waals surface area contributed by atoms with E-state index >= 15 is 0 Å². The summed E-state index contributed by atoms with van der Waals surface area (Å²) < 4.78 is 14.7. The number of hydrogen-bond acceptors (Lipinski definition) is 3. The van der Waals surface area contributed by atoms with Gasteiger partial charge in [-0.15, -0.1) is 11.3 Å². The molecule has 2 nitrogen and oxygen atoms in total. The van der Waals surface area contributed by atoms with Crippen LogP contribution in [0.2, 0.25) is 0 Å². The molecule has 7 aromatic carbocycles. The van der Waals surface area contributed by atoms with Crippen LogP contribution in [0.3, 0.4) is 0 Å². The fraction of sp³-hybridized carbons (Fsp3) is 0. The lowest BCUT2D eigenvalue weighted by Crippen LogP contribution is -1.91. The van der Waals surface area contributed by atoms with Crippen LogP contribution in [-0.4, -0.2) is 0 Å². The molecule has 10 aromatic rings. The van der Waals surface area contributed by atoms with E-state index in [9.17, 15) is 0 Å².